The van der Waals surface area contributed by atoms with Gasteiger partial charge < -0.3 is 5.32 Å². The maximum absolute atomic E-state index is 13.2. The second kappa shape index (κ2) is 8.31. The Morgan fingerprint density at radius 3 is 2.73 bits per heavy atom. The highest BCUT2D eigenvalue weighted by Gasteiger charge is 2.38. The summed E-state index contributed by atoms with van der Waals surface area (Å²) in [7, 11) is -3.81. The largest absolute Gasteiger partial charge is 0.320 e. The summed E-state index contributed by atoms with van der Waals surface area (Å²) in [6.07, 6.45) is 1.26. The minimum Gasteiger partial charge on any atom is -0.320 e. The molecule has 0 spiro atoms. The topological polar surface area (TPSA) is 116 Å². The summed E-state index contributed by atoms with van der Waals surface area (Å²) < 4.78 is 27.7. The van der Waals surface area contributed by atoms with Crippen LogP contribution in [0.1, 0.15) is 39.3 Å². The number of hydrogen-bond acceptors (Lipinski definition) is 7. The van der Waals surface area contributed by atoms with Crippen LogP contribution in [0.2, 0.25) is 0 Å². The van der Waals surface area contributed by atoms with Gasteiger partial charge in [-0.1, -0.05) is 35.6 Å². The molecule has 152 valence electrons. The zero-order valence-corrected chi connectivity index (χ0v) is 17.4. The molecule has 10 heteroatoms. The van der Waals surface area contributed by atoms with E-state index in [9.17, 15) is 13.2 Å². The number of rotatable bonds is 5. The smallest absolute Gasteiger partial charge is 0.286 e. The van der Waals surface area contributed by atoms with Crippen LogP contribution >= 0.6 is 11.3 Å². The van der Waals surface area contributed by atoms with Crippen molar-refractivity contribution in [2.75, 3.05) is 11.9 Å². The first-order valence-corrected chi connectivity index (χ1v) is 11.5. The van der Waals surface area contributed by atoms with Crippen molar-refractivity contribution in [2.45, 2.75) is 23.8 Å². The van der Waals surface area contributed by atoms with E-state index >= 15 is 0 Å². The zero-order chi connectivity index (χ0) is 21.1. The first-order chi connectivity index (χ1) is 14.5. The van der Waals surface area contributed by atoms with Crippen molar-refractivity contribution in [3.8, 4) is 6.07 Å². The van der Waals surface area contributed by atoms with Crippen molar-refractivity contribution in [3.63, 3.8) is 0 Å². The van der Waals surface area contributed by atoms with Crippen LogP contribution in [0.5, 0.6) is 0 Å². The number of sulfonamides is 1. The number of carbonyl (C=O) groups excluding carboxylic acids is 1. The normalized spacial score (nSPS) is 16.8. The Bertz CT molecular complexity index is 1220. The van der Waals surface area contributed by atoms with Crippen LogP contribution in [-0.2, 0) is 10.0 Å². The van der Waals surface area contributed by atoms with Crippen LogP contribution in [0.4, 0.5) is 5.69 Å². The van der Waals surface area contributed by atoms with Gasteiger partial charge in [-0.15, -0.1) is 10.2 Å². The van der Waals surface area contributed by atoms with E-state index in [4.69, 9.17) is 5.26 Å². The number of anilines is 1. The van der Waals surface area contributed by atoms with Crippen molar-refractivity contribution in [2.24, 2.45) is 0 Å². The van der Waals surface area contributed by atoms with Crippen molar-refractivity contribution in [3.05, 3.63) is 70.2 Å². The fourth-order valence-corrected chi connectivity index (χ4v) is 5.96. The molecule has 0 radical (unpaired) electrons. The van der Waals surface area contributed by atoms with E-state index < -0.39 is 16.1 Å². The van der Waals surface area contributed by atoms with E-state index in [-0.39, 0.29) is 21.4 Å². The Hall–Kier alpha value is -3.13. The van der Waals surface area contributed by atoms with Gasteiger partial charge in [0.05, 0.1) is 22.6 Å². The molecular formula is C20H17N5O3S2. The highest BCUT2D eigenvalue weighted by molar-refractivity contribution is 7.89. The van der Waals surface area contributed by atoms with E-state index in [0.717, 1.165) is 11.3 Å². The van der Waals surface area contributed by atoms with Gasteiger partial charge in [-0.2, -0.15) is 9.57 Å². The monoisotopic (exact) mass is 439 g/mol. The minimum absolute atomic E-state index is 0.0695. The molecule has 3 aromatic rings. The van der Waals surface area contributed by atoms with Gasteiger partial charge in [0.1, 0.15) is 5.01 Å². The van der Waals surface area contributed by atoms with E-state index in [1.165, 1.54) is 16.4 Å². The van der Waals surface area contributed by atoms with E-state index in [0.29, 0.717) is 30.1 Å². The molecule has 1 aliphatic heterocycles. The summed E-state index contributed by atoms with van der Waals surface area (Å²) in [4.78, 5) is 12.5. The molecular weight excluding hydrogens is 422 g/mol. The number of para-hydroxylation sites is 1. The lowest BCUT2D eigenvalue weighted by Gasteiger charge is -2.22. The molecule has 30 heavy (non-hydrogen) atoms. The van der Waals surface area contributed by atoms with Crippen LogP contribution in [-0.4, -0.2) is 35.4 Å². The van der Waals surface area contributed by atoms with E-state index in [2.05, 4.69) is 15.5 Å². The van der Waals surface area contributed by atoms with Crippen molar-refractivity contribution in [1.29, 1.82) is 5.26 Å². The SMILES string of the molecule is N#Cc1cccc(S(=O)(=O)N2CCCC2c2nnc(C(=O)Nc3ccccc3)s2)c1. The first kappa shape index (κ1) is 20.2. The van der Waals surface area contributed by atoms with Gasteiger partial charge in [0.2, 0.25) is 15.0 Å². The molecule has 1 amide bonds. The van der Waals surface area contributed by atoms with Gasteiger partial charge in [-0.3, -0.25) is 4.79 Å². The van der Waals surface area contributed by atoms with Crippen LogP contribution in [0.25, 0.3) is 0 Å². The van der Waals surface area contributed by atoms with Crippen LogP contribution in [0.15, 0.2) is 59.5 Å². The molecule has 1 aromatic heterocycles. The lowest BCUT2D eigenvalue weighted by Crippen LogP contribution is -2.30. The summed E-state index contributed by atoms with van der Waals surface area (Å²) in [5.41, 5.74) is 0.921. The third-order valence-electron chi connectivity index (χ3n) is 4.73. The maximum Gasteiger partial charge on any atom is 0.286 e. The number of aromatic nitrogens is 2. The highest BCUT2D eigenvalue weighted by Crippen LogP contribution is 2.37. The van der Waals surface area contributed by atoms with E-state index in [1.807, 2.05) is 24.3 Å². The molecule has 1 unspecified atom stereocenters. The zero-order valence-electron chi connectivity index (χ0n) is 15.7. The standard InChI is InChI=1S/C20H17N5O3S2/c21-13-14-6-4-9-16(12-14)30(27,28)25-11-5-10-17(25)19-23-24-20(29-19)18(26)22-15-7-2-1-3-8-15/h1-4,6-9,12,17H,5,10-11H2,(H,22,26). The van der Waals surface area contributed by atoms with Crippen molar-refractivity contribution < 1.29 is 13.2 Å². The quantitative estimate of drug-likeness (QED) is 0.653. The Kier molecular flexibility index (Phi) is 5.59. The Labute approximate surface area is 177 Å². The fraction of sp³-hybridized carbons (Fsp3) is 0.200. The molecule has 1 aliphatic rings. The van der Waals surface area contributed by atoms with E-state index in [1.54, 1.807) is 24.3 Å². The fourth-order valence-electron chi connectivity index (χ4n) is 3.30. The molecule has 1 N–H and O–H groups in total. The predicted octanol–water partition coefficient (Wildman–Crippen LogP) is 3.19. The van der Waals surface area contributed by atoms with Gasteiger partial charge in [0, 0.05) is 12.2 Å². The average molecular weight is 440 g/mol. The lowest BCUT2D eigenvalue weighted by atomic mass is 10.2. The third-order valence-corrected chi connectivity index (χ3v) is 7.65. The minimum atomic E-state index is -3.81. The Morgan fingerprint density at radius 1 is 1.17 bits per heavy atom. The van der Waals surface area contributed by atoms with Crippen LogP contribution < -0.4 is 5.32 Å². The maximum atomic E-state index is 13.2. The van der Waals surface area contributed by atoms with Crippen LogP contribution in [0.3, 0.4) is 0 Å². The molecule has 0 aliphatic carbocycles. The number of nitrogens with one attached hydrogen (secondary N) is 1. The average Bonchev–Trinajstić information content (AvgIpc) is 3.44. The Morgan fingerprint density at radius 2 is 1.97 bits per heavy atom. The van der Waals surface area contributed by atoms with Gasteiger partial charge in [-0.05, 0) is 43.2 Å². The Balaban J connectivity index is 1.57. The van der Waals surface area contributed by atoms with Gasteiger partial charge in [0.25, 0.3) is 5.91 Å². The third kappa shape index (κ3) is 3.95. The highest BCUT2D eigenvalue weighted by atomic mass is 32.2. The molecule has 2 aromatic carbocycles. The molecule has 1 fully saturated rings. The molecule has 4 rings (SSSR count). The number of hydrogen-bond donors (Lipinski definition) is 1. The second-order valence-electron chi connectivity index (χ2n) is 6.68. The van der Waals surface area contributed by atoms with Crippen LogP contribution in [0, 0.1) is 11.3 Å². The molecule has 1 saturated heterocycles. The summed E-state index contributed by atoms with van der Waals surface area (Å²) in [6, 6.07) is 16.4. The first-order valence-electron chi connectivity index (χ1n) is 9.21. The molecule has 0 bridgehead atoms. The van der Waals surface area contributed by atoms with Gasteiger partial charge in [-0.25, -0.2) is 8.42 Å². The van der Waals surface area contributed by atoms with Crippen molar-refractivity contribution >= 4 is 33.0 Å². The molecule has 1 atom stereocenters. The summed E-state index contributed by atoms with van der Waals surface area (Å²) in [5, 5.41) is 20.5. The number of nitrogens with zero attached hydrogens (tertiary/aromatic N) is 4. The van der Waals surface area contributed by atoms with Gasteiger partial charge >= 0.3 is 0 Å². The number of benzene rings is 2. The van der Waals surface area contributed by atoms with Crippen molar-refractivity contribution in [1.82, 2.24) is 14.5 Å². The molecule has 8 nitrogen and oxygen atoms in total. The second-order valence-corrected chi connectivity index (χ2v) is 9.58. The van der Waals surface area contributed by atoms with Gasteiger partial charge in [0.15, 0.2) is 0 Å². The summed E-state index contributed by atoms with van der Waals surface area (Å²) in [5.74, 6) is -0.390. The lowest BCUT2D eigenvalue weighted by molar-refractivity contribution is 0.102. The number of nitriles is 1. The predicted molar refractivity (Wildman–Crippen MR) is 111 cm³/mol. The number of carbonyl (C=O) groups is 1. The molecule has 2 heterocycles. The number of amides is 1. The summed E-state index contributed by atoms with van der Waals surface area (Å²) in [6.45, 7) is 0.342. The molecule has 0 saturated carbocycles. The summed E-state index contributed by atoms with van der Waals surface area (Å²) >= 11 is 1.09.